The van der Waals surface area contributed by atoms with Crippen molar-refractivity contribution in [2.45, 2.75) is 54.4 Å². The first-order chi connectivity index (χ1) is 21.8. The molecule has 0 saturated heterocycles. The van der Waals surface area contributed by atoms with E-state index in [0.29, 0.717) is 0 Å². The fourth-order valence-corrected chi connectivity index (χ4v) is 5.96. The summed E-state index contributed by atoms with van der Waals surface area (Å²) in [5, 5.41) is 0. The molecular weight excluding hydrogens is 633 g/mol. The number of hydrogen-bond donors (Lipinski definition) is 2. The minimum absolute atomic E-state index is 0.732. The summed E-state index contributed by atoms with van der Waals surface area (Å²) in [7, 11) is -8.59. The first-order valence-electron chi connectivity index (χ1n) is 15.3. The molecule has 14 heteroatoms. The Morgan fingerprint density at radius 3 is 1.11 bits per heavy atom. The number of oxazole rings is 2. The smallest absolute Gasteiger partial charge is 0.298 e. The third-order valence-corrected chi connectivity index (χ3v) is 8.47. The van der Waals surface area contributed by atoms with Crippen molar-refractivity contribution in [3.8, 4) is 22.5 Å². The highest BCUT2D eigenvalue weighted by atomic mass is 32.2. The Bertz CT molecular complexity index is 1540. The Balaban J connectivity index is 0.000000252. The van der Waals surface area contributed by atoms with E-state index < -0.39 is 31.7 Å². The number of benzene rings is 2. The molecule has 0 amide bonds. The quantitative estimate of drug-likeness (QED) is 0.153. The van der Waals surface area contributed by atoms with Gasteiger partial charge in [0.05, 0.1) is 11.5 Å². The van der Waals surface area contributed by atoms with Gasteiger partial charge in [0, 0.05) is 50.1 Å². The largest absolute Gasteiger partial charge is 0.428 e. The fourth-order valence-electron chi connectivity index (χ4n) is 4.27. The number of anilines is 2. The highest BCUT2D eigenvalue weighted by Gasteiger charge is 2.18. The van der Waals surface area contributed by atoms with Gasteiger partial charge in [-0.1, -0.05) is 74.5 Å². The van der Waals surface area contributed by atoms with Crippen LogP contribution in [0.1, 0.15) is 53.1 Å². The normalized spacial score (nSPS) is 11.2. The van der Waals surface area contributed by atoms with Crippen LogP contribution in [-0.4, -0.2) is 73.6 Å². The van der Waals surface area contributed by atoms with E-state index >= 15 is 0 Å². The highest BCUT2D eigenvalue weighted by molar-refractivity contribution is 7.89. The number of nitrogens with zero attached hydrogens (tertiary/aromatic N) is 4. The molecule has 0 aliphatic carbocycles. The molecule has 0 fully saturated rings. The molecule has 4 aromatic rings. The summed E-state index contributed by atoms with van der Waals surface area (Å²) in [6.45, 7) is 16.3. The van der Waals surface area contributed by atoms with E-state index in [9.17, 15) is 16.8 Å². The molecule has 46 heavy (non-hydrogen) atoms. The van der Waals surface area contributed by atoms with Crippen molar-refractivity contribution in [1.29, 1.82) is 0 Å². The first-order valence-corrected chi connectivity index (χ1v) is 18.5. The van der Waals surface area contributed by atoms with Crippen molar-refractivity contribution in [2.24, 2.45) is 0 Å². The van der Waals surface area contributed by atoms with Crippen LogP contribution in [-0.2, 0) is 33.1 Å². The van der Waals surface area contributed by atoms with Crippen molar-refractivity contribution in [3.05, 3.63) is 72.2 Å². The second kappa shape index (κ2) is 18.4. The maximum atomic E-state index is 9.86. The number of hydrogen-bond acceptors (Lipinski definition) is 10. The lowest BCUT2D eigenvalue weighted by molar-refractivity contribution is 0.472. The molecule has 4 rings (SSSR count). The zero-order valence-corrected chi connectivity index (χ0v) is 29.0. The summed E-state index contributed by atoms with van der Waals surface area (Å²) in [6, 6.07) is 21.9. The molecule has 2 N–H and O–H groups in total. The number of aryl methyl sites for hydroxylation is 2. The second-order valence-corrected chi connectivity index (χ2v) is 13.0. The van der Waals surface area contributed by atoms with Gasteiger partial charge in [-0.2, -0.15) is 26.8 Å². The molecule has 0 atom stereocenters. The summed E-state index contributed by atoms with van der Waals surface area (Å²) in [4.78, 5) is 13.6. The van der Waals surface area contributed by atoms with Crippen molar-refractivity contribution in [1.82, 2.24) is 9.97 Å². The van der Waals surface area contributed by atoms with E-state index in [1.807, 2.05) is 36.4 Å². The van der Waals surface area contributed by atoms with Crippen molar-refractivity contribution >= 4 is 32.3 Å². The monoisotopic (exact) mass is 678 g/mol. The molecule has 0 saturated carbocycles. The van der Waals surface area contributed by atoms with Crippen LogP contribution in [0.25, 0.3) is 22.5 Å². The molecule has 2 aromatic carbocycles. The maximum Gasteiger partial charge on any atom is 0.298 e. The maximum absolute atomic E-state index is 9.86. The van der Waals surface area contributed by atoms with E-state index in [-0.39, 0.29) is 0 Å². The molecule has 0 spiro atoms. The Morgan fingerprint density at radius 2 is 0.870 bits per heavy atom. The van der Waals surface area contributed by atoms with Gasteiger partial charge < -0.3 is 18.6 Å². The van der Waals surface area contributed by atoms with Gasteiger partial charge in [-0.3, -0.25) is 9.11 Å². The fraction of sp³-hybridized carbons (Fsp3) is 0.438. The molecule has 12 nitrogen and oxygen atoms in total. The molecule has 0 aliphatic heterocycles. The Morgan fingerprint density at radius 1 is 0.565 bits per heavy atom. The van der Waals surface area contributed by atoms with Crippen LogP contribution >= 0.6 is 0 Å². The summed E-state index contributed by atoms with van der Waals surface area (Å²) in [5.41, 5.74) is 4.19. The topological polar surface area (TPSA) is 167 Å². The number of rotatable bonds is 13. The molecule has 2 heterocycles. The van der Waals surface area contributed by atoms with E-state index in [0.717, 1.165) is 85.1 Å². The van der Waals surface area contributed by atoms with Gasteiger partial charge in [0.1, 0.15) is 22.9 Å². The van der Waals surface area contributed by atoms with E-state index in [2.05, 4.69) is 85.6 Å². The predicted molar refractivity (Wildman–Crippen MR) is 183 cm³/mol. The van der Waals surface area contributed by atoms with Gasteiger partial charge in [0.25, 0.3) is 32.3 Å². The lowest BCUT2D eigenvalue weighted by Crippen LogP contribution is -2.21. The SMILES string of the molecule is CCc1oc(N(CC)CC)nc1-c1ccccc1.CCc1oc(N(CC)CC)nc1-c1ccccc1.O=S(=O)(O)CCS(=O)(=O)O. The molecule has 0 radical (unpaired) electrons. The van der Waals surface area contributed by atoms with Gasteiger partial charge in [0.2, 0.25) is 0 Å². The van der Waals surface area contributed by atoms with Crippen LogP contribution in [0.4, 0.5) is 12.0 Å². The van der Waals surface area contributed by atoms with Crippen molar-refractivity contribution in [2.75, 3.05) is 47.5 Å². The standard InChI is InChI=1S/2C15H20N2O.C2H6O6S2/c2*1-4-13-14(12-10-8-7-9-11-12)16-15(18-13)17(5-2)6-3;3-9(4,5)1-2-10(6,7)8/h2*7-11H,4-6H2,1-3H3;1-2H2,(H,3,4,5)(H,6,7,8). The zero-order chi connectivity index (χ0) is 34.3. The molecular formula is C32H46N4O8S2. The molecule has 0 unspecified atom stereocenters. The van der Waals surface area contributed by atoms with Gasteiger partial charge >= 0.3 is 0 Å². The Labute approximate surface area is 273 Å². The van der Waals surface area contributed by atoms with Crippen molar-refractivity contribution < 1.29 is 34.8 Å². The molecule has 254 valence electrons. The van der Waals surface area contributed by atoms with Crippen LogP contribution in [0, 0.1) is 0 Å². The second-order valence-electron chi connectivity index (χ2n) is 9.89. The van der Waals surface area contributed by atoms with Gasteiger partial charge in [-0.25, -0.2) is 0 Å². The molecule has 0 bridgehead atoms. The highest BCUT2D eigenvalue weighted by Crippen LogP contribution is 2.29. The minimum Gasteiger partial charge on any atom is -0.428 e. The number of aromatic nitrogens is 2. The summed E-state index contributed by atoms with van der Waals surface area (Å²) in [6.07, 6.45) is 1.72. The average Bonchev–Trinajstić information content (AvgIpc) is 3.67. The average molecular weight is 679 g/mol. The zero-order valence-electron chi connectivity index (χ0n) is 27.4. The van der Waals surface area contributed by atoms with Gasteiger partial charge in [0.15, 0.2) is 0 Å². The summed E-state index contributed by atoms with van der Waals surface area (Å²) in [5.74, 6) is -0.0382. The summed E-state index contributed by atoms with van der Waals surface area (Å²) < 4.78 is 67.1. The summed E-state index contributed by atoms with van der Waals surface area (Å²) >= 11 is 0. The third-order valence-electron chi connectivity index (χ3n) is 6.78. The van der Waals surface area contributed by atoms with Crippen LogP contribution in [0.3, 0.4) is 0 Å². The minimum atomic E-state index is -4.30. The van der Waals surface area contributed by atoms with E-state index in [4.69, 9.17) is 17.9 Å². The van der Waals surface area contributed by atoms with E-state index in [1.54, 1.807) is 0 Å². The third kappa shape index (κ3) is 12.2. The molecule has 2 aromatic heterocycles. The Kier molecular flexibility index (Phi) is 15.4. The van der Waals surface area contributed by atoms with Crippen LogP contribution < -0.4 is 9.80 Å². The Hall–Kier alpha value is -3.72. The van der Waals surface area contributed by atoms with Crippen molar-refractivity contribution in [3.63, 3.8) is 0 Å². The van der Waals surface area contributed by atoms with Crippen LogP contribution in [0.5, 0.6) is 0 Å². The lowest BCUT2D eigenvalue weighted by atomic mass is 10.1. The first kappa shape index (κ1) is 38.5. The van der Waals surface area contributed by atoms with E-state index in [1.165, 1.54) is 0 Å². The lowest BCUT2D eigenvalue weighted by Gasteiger charge is -2.14. The van der Waals surface area contributed by atoms with Gasteiger partial charge in [-0.05, 0) is 27.7 Å². The van der Waals surface area contributed by atoms with Gasteiger partial charge in [-0.15, -0.1) is 0 Å². The molecule has 0 aliphatic rings. The van der Waals surface area contributed by atoms with Crippen LogP contribution in [0.2, 0.25) is 0 Å². The van der Waals surface area contributed by atoms with Crippen LogP contribution in [0.15, 0.2) is 69.5 Å². The predicted octanol–water partition coefficient (Wildman–Crippen LogP) is 6.26.